The zero-order valence-corrected chi connectivity index (χ0v) is 25.5. The fourth-order valence-corrected chi connectivity index (χ4v) is 6.01. The first-order valence-corrected chi connectivity index (χ1v) is 16.1. The molecule has 0 aromatic heterocycles. The number of anilines is 2. The minimum Gasteiger partial charge on any atom is -0.748 e. The molecule has 0 spiro atoms. The predicted octanol–water partition coefficient (Wildman–Crippen LogP) is 4.95. The molecule has 0 bridgehead atoms. The van der Waals surface area contributed by atoms with Crippen molar-refractivity contribution in [2.24, 2.45) is 0 Å². The average Bonchev–Trinajstić information content (AvgIpc) is 3.56. The van der Waals surface area contributed by atoms with Crippen LogP contribution in [0.25, 0.3) is 21.5 Å². The Bertz CT molecular complexity index is 2120. The average molecular weight is 644 g/mol. The van der Waals surface area contributed by atoms with Crippen molar-refractivity contribution in [2.45, 2.75) is 6.42 Å². The summed E-state index contributed by atoms with van der Waals surface area (Å²) in [7, 11) is -4.45. The molecule has 0 radical (unpaired) electrons. The Hall–Kier alpha value is -5.96. The Labute approximate surface area is 271 Å². The maximum Gasteiger partial charge on any atom is 0.262 e. The van der Waals surface area contributed by atoms with Crippen molar-refractivity contribution in [3.63, 3.8) is 0 Å². The molecule has 6 rings (SSSR count). The topological polar surface area (TPSA) is 134 Å². The van der Waals surface area contributed by atoms with Gasteiger partial charge in [-0.15, -0.1) is 0 Å². The Morgan fingerprint density at radius 3 is 2.15 bits per heavy atom. The van der Waals surface area contributed by atoms with Gasteiger partial charge in [-0.2, -0.15) is 0 Å². The van der Waals surface area contributed by atoms with E-state index >= 15 is 0 Å². The molecule has 2 heterocycles. The molecule has 11 heteroatoms. The fourth-order valence-electron chi connectivity index (χ4n) is 5.52. The molecule has 0 atom stereocenters. The van der Waals surface area contributed by atoms with E-state index in [4.69, 9.17) is 11.3 Å². The van der Waals surface area contributed by atoms with Crippen molar-refractivity contribution >= 4 is 38.9 Å². The number of ether oxygens (including phenoxy) is 1. The standard InChI is InChI=1S/C36H27N3O7S/c1-37-34-33(25-11-6-3-7-12-25)29(39(35(34)40)28-16-13-26(14-17-28)36(41)42)18-20-32-38(21-8-22-47(43,44)45)30-23-27(15-19-31(30)46-32)24-9-4-2-5-10-24/h2-7,9-20,23H,8,21-22H2,(H,41,42)(H,43,44,45)/p-2/b29-18?,32-20-. The van der Waals surface area contributed by atoms with Gasteiger partial charge in [-0.3, -0.25) is 9.69 Å². The first-order valence-electron chi connectivity index (χ1n) is 14.5. The first kappa shape index (κ1) is 31.0. The molecule has 0 unspecified atom stereocenters. The zero-order valence-electron chi connectivity index (χ0n) is 24.7. The number of hydrogen-bond donors (Lipinski definition) is 0. The molecule has 0 saturated carbocycles. The van der Waals surface area contributed by atoms with Gasteiger partial charge in [0.15, 0.2) is 5.75 Å². The van der Waals surface area contributed by atoms with E-state index in [9.17, 15) is 27.7 Å². The quantitative estimate of drug-likeness (QED) is 0.185. The molecule has 2 aliphatic heterocycles. The molecular weight excluding hydrogens is 618 g/mol. The van der Waals surface area contributed by atoms with Crippen LogP contribution in [-0.2, 0) is 14.9 Å². The molecule has 234 valence electrons. The lowest BCUT2D eigenvalue weighted by atomic mass is 10.0. The SMILES string of the molecule is [C-]#[N+]C1=C(c2ccccc2)C(=C/C=C2\Oc3ccc(-c4ccccc4)cc3N2CCCS(=O)(=O)[O-])N(c2ccc(C(=O)[O-])cc2)C1=O. The summed E-state index contributed by atoms with van der Waals surface area (Å²) in [5.41, 5.74) is 4.00. The lowest BCUT2D eigenvalue weighted by molar-refractivity contribution is -0.255. The minimum atomic E-state index is -4.45. The molecule has 0 N–H and O–H groups in total. The molecule has 0 saturated heterocycles. The summed E-state index contributed by atoms with van der Waals surface area (Å²) in [6, 6.07) is 29.8. The maximum absolute atomic E-state index is 13.7. The second kappa shape index (κ2) is 12.8. The van der Waals surface area contributed by atoms with Gasteiger partial charge in [0.1, 0.15) is 0 Å². The number of carbonyl (C=O) groups excluding carboxylic acids is 2. The van der Waals surface area contributed by atoms with Gasteiger partial charge in [0, 0.05) is 35.3 Å². The molecular formula is C36H25N3O7S-2. The molecule has 0 aliphatic carbocycles. The van der Waals surface area contributed by atoms with Crippen LogP contribution in [0, 0.1) is 6.57 Å². The van der Waals surface area contributed by atoms with Gasteiger partial charge in [-0.1, -0.05) is 78.9 Å². The van der Waals surface area contributed by atoms with E-state index in [1.807, 2.05) is 48.5 Å². The number of aromatic carboxylic acids is 1. The van der Waals surface area contributed by atoms with Crippen LogP contribution >= 0.6 is 0 Å². The number of carboxylic acid groups (broad SMARTS) is 1. The van der Waals surface area contributed by atoms with Crippen LogP contribution in [0.2, 0.25) is 0 Å². The third kappa shape index (κ3) is 6.41. The number of allylic oxidation sites excluding steroid dienone is 3. The van der Waals surface area contributed by atoms with Gasteiger partial charge in [0.25, 0.3) is 11.6 Å². The number of nitrogens with zero attached hydrogens (tertiary/aromatic N) is 3. The third-order valence-corrected chi connectivity index (χ3v) is 8.46. The predicted molar refractivity (Wildman–Crippen MR) is 173 cm³/mol. The molecule has 47 heavy (non-hydrogen) atoms. The second-order valence-electron chi connectivity index (χ2n) is 10.7. The Morgan fingerprint density at radius 1 is 0.872 bits per heavy atom. The minimum absolute atomic E-state index is 0.0323. The summed E-state index contributed by atoms with van der Waals surface area (Å²) in [5, 5.41) is 11.4. The van der Waals surface area contributed by atoms with E-state index in [-0.39, 0.29) is 24.2 Å². The number of hydrogen-bond acceptors (Lipinski definition) is 8. The molecule has 4 aromatic carbocycles. The summed E-state index contributed by atoms with van der Waals surface area (Å²) in [6.45, 7) is 8.01. The molecule has 1 amide bonds. The van der Waals surface area contributed by atoms with Crippen LogP contribution in [-0.4, -0.2) is 37.1 Å². The van der Waals surface area contributed by atoms with Gasteiger partial charge in [-0.05, 0) is 59.0 Å². The monoisotopic (exact) mass is 643 g/mol. The van der Waals surface area contributed by atoms with Crippen LogP contribution < -0.4 is 19.6 Å². The molecule has 0 fully saturated rings. The number of rotatable bonds is 9. The van der Waals surface area contributed by atoms with Crippen LogP contribution in [0.4, 0.5) is 11.4 Å². The van der Waals surface area contributed by atoms with E-state index < -0.39 is 27.7 Å². The smallest absolute Gasteiger partial charge is 0.262 e. The highest BCUT2D eigenvalue weighted by Crippen LogP contribution is 2.43. The maximum atomic E-state index is 13.7. The molecule has 2 aliphatic rings. The van der Waals surface area contributed by atoms with Crippen LogP contribution in [0.5, 0.6) is 5.75 Å². The Kier molecular flexibility index (Phi) is 8.46. The Morgan fingerprint density at radius 2 is 1.53 bits per heavy atom. The van der Waals surface area contributed by atoms with E-state index in [2.05, 4.69) is 4.85 Å². The Balaban J connectivity index is 1.46. The lowest BCUT2D eigenvalue weighted by Crippen LogP contribution is -2.26. The van der Waals surface area contributed by atoms with E-state index in [1.54, 1.807) is 47.4 Å². The van der Waals surface area contributed by atoms with Crippen molar-refractivity contribution in [3.8, 4) is 16.9 Å². The van der Waals surface area contributed by atoms with E-state index in [0.29, 0.717) is 39.8 Å². The number of carbonyl (C=O) groups is 2. The highest BCUT2D eigenvalue weighted by molar-refractivity contribution is 7.85. The van der Waals surface area contributed by atoms with Gasteiger partial charge in [-0.25, -0.2) is 13.3 Å². The molecule has 10 nitrogen and oxygen atoms in total. The summed E-state index contributed by atoms with van der Waals surface area (Å²) in [4.78, 5) is 31.8. The number of carboxylic acids is 1. The molecule has 4 aromatic rings. The highest BCUT2D eigenvalue weighted by atomic mass is 32.2. The largest absolute Gasteiger partial charge is 0.748 e. The van der Waals surface area contributed by atoms with Crippen molar-refractivity contribution in [2.75, 3.05) is 22.1 Å². The van der Waals surface area contributed by atoms with Crippen molar-refractivity contribution in [1.29, 1.82) is 0 Å². The van der Waals surface area contributed by atoms with Gasteiger partial charge < -0.3 is 24.1 Å². The second-order valence-corrected chi connectivity index (χ2v) is 12.2. The van der Waals surface area contributed by atoms with Gasteiger partial charge in [0.05, 0.1) is 28.3 Å². The van der Waals surface area contributed by atoms with E-state index in [0.717, 1.165) is 11.1 Å². The third-order valence-electron chi connectivity index (χ3n) is 7.67. The van der Waals surface area contributed by atoms with Gasteiger partial charge >= 0.3 is 0 Å². The lowest BCUT2D eigenvalue weighted by Gasteiger charge is -2.22. The number of benzene rings is 4. The summed E-state index contributed by atoms with van der Waals surface area (Å²) >= 11 is 0. The van der Waals surface area contributed by atoms with Gasteiger partial charge in [0.2, 0.25) is 5.88 Å². The van der Waals surface area contributed by atoms with Crippen LogP contribution in [0.15, 0.2) is 133 Å². The summed E-state index contributed by atoms with van der Waals surface area (Å²) in [6.07, 6.45) is 3.28. The van der Waals surface area contributed by atoms with Crippen molar-refractivity contribution in [1.82, 2.24) is 0 Å². The van der Waals surface area contributed by atoms with E-state index in [1.165, 1.54) is 29.2 Å². The highest BCUT2D eigenvalue weighted by Gasteiger charge is 2.37. The van der Waals surface area contributed by atoms with Crippen molar-refractivity contribution in [3.05, 3.63) is 155 Å². The first-order chi connectivity index (χ1) is 22.6. The normalized spacial score (nSPS) is 16.0. The summed E-state index contributed by atoms with van der Waals surface area (Å²) < 4.78 is 40.5. The fraction of sp³-hybridized carbons (Fsp3) is 0.0833. The zero-order chi connectivity index (χ0) is 33.1. The summed E-state index contributed by atoms with van der Waals surface area (Å²) in [5.74, 6) is -1.70. The van der Waals surface area contributed by atoms with Crippen LogP contribution in [0.3, 0.4) is 0 Å². The number of amides is 1. The number of fused-ring (bicyclic) bond motifs is 1. The van der Waals surface area contributed by atoms with Crippen LogP contribution in [0.1, 0.15) is 22.3 Å². The van der Waals surface area contributed by atoms with Crippen molar-refractivity contribution < 1.29 is 32.4 Å².